The lowest BCUT2D eigenvalue weighted by Crippen LogP contribution is -2.53. The highest BCUT2D eigenvalue weighted by Crippen LogP contribution is 2.35. The quantitative estimate of drug-likeness (QED) is 0.805. The molecule has 0 radical (unpaired) electrons. The number of amides is 1. The number of nitrogens with one attached hydrogen (secondary N) is 1. The molecule has 0 aromatic carbocycles. The summed E-state index contributed by atoms with van der Waals surface area (Å²) < 4.78 is 25.6. The van der Waals surface area contributed by atoms with Crippen molar-refractivity contribution >= 4 is 15.7 Å². The van der Waals surface area contributed by atoms with Crippen molar-refractivity contribution in [3.63, 3.8) is 0 Å². The van der Waals surface area contributed by atoms with Crippen molar-refractivity contribution < 1.29 is 13.2 Å². The predicted octanol–water partition coefficient (Wildman–Crippen LogP) is 2.71. The van der Waals surface area contributed by atoms with Crippen LogP contribution >= 0.6 is 0 Å². The summed E-state index contributed by atoms with van der Waals surface area (Å²) in [6, 6.07) is 4.14. The van der Waals surface area contributed by atoms with E-state index in [-0.39, 0.29) is 29.4 Å². The van der Waals surface area contributed by atoms with E-state index in [1.54, 1.807) is 6.20 Å². The van der Waals surface area contributed by atoms with Crippen LogP contribution in [-0.2, 0) is 27.5 Å². The third kappa shape index (κ3) is 4.15. The van der Waals surface area contributed by atoms with Crippen LogP contribution < -0.4 is 5.32 Å². The zero-order chi connectivity index (χ0) is 21.5. The van der Waals surface area contributed by atoms with Crippen molar-refractivity contribution in [2.75, 3.05) is 11.5 Å². The van der Waals surface area contributed by atoms with Gasteiger partial charge in [0, 0.05) is 53.1 Å². The first-order chi connectivity index (χ1) is 14.2. The van der Waals surface area contributed by atoms with Crippen LogP contribution in [0, 0.1) is 5.92 Å². The molecule has 1 fully saturated rings. The van der Waals surface area contributed by atoms with Gasteiger partial charge in [0.1, 0.15) is 9.84 Å². The van der Waals surface area contributed by atoms with Gasteiger partial charge in [-0.15, -0.1) is 0 Å². The molecule has 7 nitrogen and oxygen atoms in total. The van der Waals surface area contributed by atoms with Gasteiger partial charge in [0.25, 0.3) is 0 Å². The summed E-state index contributed by atoms with van der Waals surface area (Å²) in [7, 11) is -2.96. The van der Waals surface area contributed by atoms with Crippen molar-refractivity contribution in [3.05, 3.63) is 35.8 Å². The monoisotopic (exact) mass is 430 g/mol. The molecule has 1 N–H and O–H groups in total. The number of hydrogen-bond donors (Lipinski definition) is 1. The fourth-order valence-corrected chi connectivity index (χ4v) is 6.26. The molecule has 2 aromatic rings. The van der Waals surface area contributed by atoms with Crippen LogP contribution in [0.4, 0.5) is 0 Å². The van der Waals surface area contributed by atoms with E-state index < -0.39 is 15.4 Å². The van der Waals surface area contributed by atoms with E-state index in [1.807, 2.05) is 29.9 Å². The normalized spacial score (nSPS) is 22.5. The molecule has 2 aromatic heterocycles. The number of pyridine rings is 1. The van der Waals surface area contributed by atoms with Crippen molar-refractivity contribution in [1.29, 1.82) is 0 Å². The van der Waals surface area contributed by atoms with Crippen molar-refractivity contribution in [2.45, 2.75) is 64.5 Å². The van der Waals surface area contributed by atoms with Gasteiger partial charge in [-0.05, 0) is 58.6 Å². The highest BCUT2D eigenvalue weighted by atomic mass is 32.2. The average molecular weight is 431 g/mol. The molecule has 0 bridgehead atoms. The van der Waals surface area contributed by atoms with Crippen LogP contribution in [0.15, 0.2) is 24.5 Å². The molecular weight excluding hydrogens is 400 g/mol. The molecule has 2 aliphatic rings. The molecule has 8 heteroatoms. The number of aromatic nitrogens is 3. The minimum Gasteiger partial charge on any atom is -0.351 e. The Balaban J connectivity index is 1.55. The van der Waals surface area contributed by atoms with Gasteiger partial charge < -0.3 is 5.32 Å². The number of sulfone groups is 1. The molecule has 0 saturated carbocycles. The Morgan fingerprint density at radius 1 is 1.30 bits per heavy atom. The van der Waals surface area contributed by atoms with Gasteiger partial charge in [0.15, 0.2) is 0 Å². The summed E-state index contributed by atoms with van der Waals surface area (Å²) in [5.41, 5.74) is 3.88. The third-order valence-corrected chi connectivity index (χ3v) is 8.10. The zero-order valence-corrected chi connectivity index (χ0v) is 18.7. The molecule has 1 atom stereocenters. The van der Waals surface area contributed by atoms with E-state index in [9.17, 15) is 13.2 Å². The molecule has 1 aliphatic heterocycles. The number of rotatable bonds is 4. The number of fused-ring (bicyclic) bond motifs is 1. The molecule has 0 spiro atoms. The molecule has 3 heterocycles. The fraction of sp³-hybridized carbons (Fsp3) is 0.591. The van der Waals surface area contributed by atoms with Crippen molar-refractivity contribution in [1.82, 2.24) is 20.1 Å². The van der Waals surface area contributed by atoms with Crippen LogP contribution in [0.25, 0.3) is 11.3 Å². The smallest absolute Gasteiger partial charge is 0.223 e. The van der Waals surface area contributed by atoms with Crippen LogP contribution in [0.2, 0.25) is 0 Å². The highest BCUT2D eigenvalue weighted by molar-refractivity contribution is 7.91. The average Bonchev–Trinajstić information content (AvgIpc) is 3.10. The van der Waals surface area contributed by atoms with Gasteiger partial charge in [-0.25, -0.2) is 8.42 Å². The molecule has 162 valence electrons. The molecule has 1 amide bonds. The second kappa shape index (κ2) is 7.80. The minimum absolute atomic E-state index is 0.0295. The second-order valence-corrected chi connectivity index (χ2v) is 11.5. The van der Waals surface area contributed by atoms with E-state index in [0.717, 1.165) is 29.8 Å². The van der Waals surface area contributed by atoms with E-state index in [4.69, 9.17) is 5.10 Å². The topological polar surface area (TPSA) is 93.9 Å². The minimum atomic E-state index is -2.96. The third-order valence-electron chi connectivity index (χ3n) is 6.45. The Kier molecular flexibility index (Phi) is 5.46. The zero-order valence-electron chi connectivity index (χ0n) is 17.9. The molecule has 1 saturated heterocycles. The van der Waals surface area contributed by atoms with Crippen LogP contribution in [0.1, 0.15) is 57.3 Å². The summed E-state index contributed by atoms with van der Waals surface area (Å²) in [4.78, 5) is 17.3. The van der Waals surface area contributed by atoms with Crippen LogP contribution in [0.3, 0.4) is 0 Å². The SMILES string of the molecule is CC(C)n1nc(-c2cccnc2)c2c1CC(C(=O)NC1(C)CCS(=O)(=O)CC1)CC2. The molecule has 1 unspecified atom stereocenters. The maximum absolute atomic E-state index is 13.1. The number of hydrogen-bond acceptors (Lipinski definition) is 5. The molecule has 1 aliphatic carbocycles. The van der Waals surface area contributed by atoms with E-state index in [0.29, 0.717) is 19.3 Å². The van der Waals surface area contributed by atoms with Crippen molar-refractivity contribution in [3.8, 4) is 11.3 Å². The maximum atomic E-state index is 13.1. The number of carbonyl (C=O) groups is 1. The van der Waals surface area contributed by atoms with Gasteiger partial charge in [0.05, 0.1) is 17.2 Å². The number of carbonyl (C=O) groups excluding carboxylic acids is 1. The first-order valence-corrected chi connectivity index (χ1v) is 12.5. The summed E-state index contributed by atoms with van der Waals surface area (Å²) in [6.45, 7) is 6.17. The van der Waals surface area contributed by atoms with E-state index in [2.05, 4.69) is 24.1 Å². The van der Waals surface area contributed by atoms with Gasteiger partial charge in [-0.3, -0.25) is 14.5 Å². The second-order valence-electron chi connectivity index (χ2n) is 9.20. The standard InChI is InChI=1S/C22H30N4O3S/c1-15(2)26-19-13-16(21(27)24-22(3)8-11-30(28,29)12-9-22)6-7-18(19)20(25-26)17-5-4-10-23-14-17/h4-5,10,14-16H,6-9,11-13H2,1-3H3,(H,24,27). The van der Waals surface area contributed by atoms with E-state index >= 15 is 0 Å². The predicted molar refractivity (Wildman–Crippen MR) is 116 cm³/mol. The lowest BCUT2D eigenvalue weighted by Gasteiger charge is -2.36. The molecule has 4 rings (SSSR count). The molecule has 30 heavy (non-hydrogen) atoms. The van der Waals surface area contributed by atoms with Gasteiger partial charge in [0.2, 0.25) is 5.91 Å². The highest BCUT2D eigenvalue weighted by Gasteiger charge is 2.37. The number of nitrogens with zero attached hydrogens (tertiary/aromatic N) is 3. The van der Waals surface area contributed by atoms with E-state index in [1.165, 1.54) is 5.56 Å². The maximum Gasteiger partial charge on any atom is 0.223 e. The van der Waals surface area contributed by atoms with Gasteiger partial charge >= 0.3 is 0 Å². The first kappa shape index (κ1) is 21.0. The van der Waals surface area contributed by atoms with Crippen LogP contribution in [-0.4, -0.2) is 46.1 Å². The summed E-state index contributed by atoms with van der Waals surface area (Å²) in [6.07, 6.45) is 6.78. The summed E-state index contributed by atoms with van der Waals surface area (Å²) >= 11 is 0. The fourth-order valence-electron chi connectivity index (χ4n) is 4.54. The van der Waals surface area contributed by atoms with Gasteiger partial charge in [-0.1, -0.05) is 0 Å². The Morgan fingerprint density at radius 2 is 2.03 bits per heavy atom. The Morgan fingerprint density at radius 3 is 2.67 bits per heavy atom. The summed E-state index contributed by atoms with van der Waals surface area (Å²) in [5.74, 6) is 0.200. The molecular formula is C22H30N4O3S. The lowest BCUT2D eigenvalue weighted by molar-refractivity contribution is -0.127. The Labute approximate surface area is 178 Å². The largest absolute Gasteiger partial charge is 0.351 e. The van der Waals surface area contributed by atoms with Crippen LogP contribution in [0.5, 0.6) is 0 Å². The first-order valence-electron chi connectivity index (χ1n) is 10.7. The lowest BCUT2D eigenvalue weighted by atomic mass is 9.84. The van der Waals surface area contributed by atoms with Crippen molar-refractivity contribution in [2.24, 2.45) is 5.92 Å². The summed E-state index contributed by atoms with van der Waals surface area (Å²) in [5, 5.41) is 8.06. The Hall–Kier alpha value is -2.22. The van der Waals surface area contributed by atoms with Gasteiger partial charge in [-0.2, -0.15) is 5.10 Å². The Bertz CT molecular complexity index is 1030.